The highest BCUT2D eigenvalue weighted by atomic mass is 16.5. The van der Waals surface area contributed by atoms with Crippen LogP contribution in [0.25, 0.3) is 0 Å². The molecule has 0 saturated carbocycles. The van der Waals surface area contributed by atoms with E-state index in [1.54, 1.807) is 11.8 Å². The van der Waals surface area contributed by atoms with Crippen LogP contribution < -0.4 is 5.32 Å². The summed E-state index contributed by atoms with van der Waals surface area (Å²) in [5.41, 5.74) is 1.33. The largest absolute Gasteiger partial charge is 0.396 e. The van der Waals surface area contributed by atoms with E-state index < -0.39 is 0 Å². The van der Waals surface area contributed by atoms with E-state index in [-0.39, 0.29) is 18.1 Å². The number of rotatable bonds is 6. The molecule has 0 atom stereocenters. The number of aliphatic hydroxyl groups excluding tert-OH is 1. The van der Waals surface area contributed by atoms with Gasteiger partial charge in [-0.2, -0.15) is 0 Å². The van der Waals surface area contributed by atoms with Gasteiger partial charge in [-0.15, -0.1) is 0 Å². The molecule has 0 fully saturated rings. The molecule has 0 aliphatic heterocycles. The number of urea groups is 1. The standard InChI is InChI=1S/C15H27N3O3/c1-6-12-13(11(2)17-21-12)16-14(20)18(8-7-9-19)10-15(3,4)5/h19H,6-10H2,1-5H3,(H,16,20). The summed E-state index contributed by atoms with van der Waals surface area (Å²) in [6.45, 7) is 11.2. The fraction of sp³-hybridized carbons (Fsp3) is 0.733. The van der Waals surface area contributed by atoms with E-state index in [4.69, 9.17) is 9.63 Å². The summed E-state index contributed by atoms with van der Waals surface area (Å²) >= 11 is 0. The summed E-state index contributed by atoms with van der Waals surface area (Å²) < 4.78 is 5.18. The van der Waals surface area contributed by atoms with Crippen molar-refractivity contribution in [2.24, 2.45) is 5.41 Å². The molecular formula is C15H27N3O3. The SMILES string of the molecule is CCc1onc(C)c1NC(=O)N(CCCO)CC(C)(C)C. The van der Waals surface area contributed by atoms with Crippen LogP contribution in [0.2, 0.25) is 0 Å². The van der Waals surface area contributed by atoms with Crippen LogP contribution in [0, 0.1) is 12.3 Å². The van der Waals surface area contributed by atoms with Gasteiger partial charge in [0.25, 0.3) is 0 Å². The minimum atomic E-state index is -0.181. The lowest BCUT2D eigenvalue weighted by molar-refractivity contribution is 0.176. The molecule has 0 aliphatic rings. The van der Waals surface area contributed by atoms with Gasteiger partial charge in [0.15, 0.2) is 5.76 Å². The van der Waals surface area contributed by atoms with Crippen molar-refractivity contribution < 1.29 is 14.4 Å². The van der Waals surface area contributed by atoms with Gasteiger partial charge in [0.2, 0.25) is 0 Å². The van der Waals surface area contributed by atoms with Gasteiger partial charge in [-0.1, -0.05) is 32.9 Å². The van der Waals surface area contributed by atoms with E-state index in [9.17, 15) is 4.79 Å². The maximum absolute atomic E-state index is 12.5. The number of aryl methyl sites for hydroxylation is 2. The molecule has 0 radical (unpaired) electrons. The third kappa shape index (κ3) is 5.38. The van der Waals surface area contributed by atoms with Gasteiger partial charge in [-0.3, -0.25) is 0 Å². The average molecular weight is 297 g/mol. The predicted molar refractivity (Wildman–Crippen MR) is 82.4 cm³/mol. The van der Waals surface area contributed by atoms with Crippen LogP contribution in [-0.4, -0.2) is 40.9 Å². The number of aromatic nitrogens is 1. The van der Waals surface area contributed by atoms with Crippen LogP contribution in [0.4, 0.5) is 10.5 Å². The molecule has 1 aromatic heterocycles. The first kappa shape index (κ1) is 17.5. The van der Waals surface area contributed by atoms with Crippen LogP contribution in [0.15, 0.2) is 4.52 Å². The highest BCUT2D eigenvalue weighted by molar-refractivity contribution is 5.90. The Morgan fingerprint density at radius 2 is 2.10 bits per heavy atom. The summed E-state index contributed by atoms with van der Waals surface area (Å²) in [5.74, 6) is 0.679. The first-order valence-corrected chi connectivity index (χ1v) is 7.40. The Labute approximate surface area is 126 Å². The number of amides is 2. The second-order valence-corrected chi connectivity index (χ2v) is 6.41. The van der Waals surface area contributed by atoms with Crippen molar-refractivity contribution in [2.45, 2.75) is 47.5 Å². The van der Waals surface area contributed by atoms with Crippen molar-refractivity contribution in [1.29, 1.82) is 0 Å². The minimum absolute atomic E-state index is 0.00985. The number of nitrogens with zero attached hydrogens (tertiary/aromatic N) is 2. The first-order valence-electron chi connectivity index (χ1n) is 7.40. The predicted octanol–water partition coefficient (Wildman–Crippen LogP) is 2.81. The third-order valence-corrected chi connectivity index (χ3v) is 3.03. The molecule has 2 amide bonds. The zero-order valence-corrected chi connectivity index (χ0v) is 13.7. The molecule has 0 spiro atoms. The molecule has 6 heteroatoms. The number of hydrogen-bond donors (Lipinski definition) is 2. The molecule has 0 unspecified atom stereocenters. The molecule has 0 aliphatic carbocycles. The minimum Gasteiger partial charge on any atom is -0.396 e. The summed E-state index contributed by atoms with van der Waals surface area (Å²) in [5, 5.41) is 15.8. The number of aliphatic hydroxyl groups is 1. The van der Waals surface area contributed by atoms with E-state index >= 15 is 0 Å². The van der Waals surface area contributed by atoms with Crippen molar-refractivity contribution >= 4 is 11.7 Å². The maximum Gasteiger partial charge on any atom is 0.322 e. The lowest BCUT2D eigenvalue weighted by Gasteiger charge is -2.30. The van der Waals surface area contributed by atoms with Crippen LogP contribution in [0.5, 0.6) is 0 Å². The van der Waals surface area contributed by atoms with Crippen molar-refractivity contribution in [3.8, 4) is 0 Å². The second-order valence-electron chi connectivity index (χ2n) is 6.41. The second kappa shape index (κ2) is 7.45. The number of anilines is 1. The summed E-state index contributed by atoms with van der Waals surface area (Å²) in [7, 11) is 0. The van der Waals surface area contributed by atoms with Crippen LogP contribution in [-0.2, 0) is 6.42 Å². The first-order chi connectivity index (χ1) is 9.78. The fourth-order valence-corrected chi connectivity index (χ4v) is 2.09. The third-order valence-electron chi connectivity index (χ3n) is 3.03. The average Bonchev–Trinajstić information content (AvgIpc) is 2.74. The molecule has 0 aromatic carbocycles. The Morgan fingerprint density at radius 1 is 1.43 bits per heavy atom. The number of carbonyl (C=O) groups is 1. The summed E-state index contributed by atoms with van der Waals surface area (Å²) in [6, 6.07) is -0.181. The van der Waals surface area contributed by atoms with Gasteiger partial charge in [0.1, 0.15) is 11.4 Å². The van der Waals surface area contributed by atoms with Crippen LogP contribution >= 0.6 is 0 Å². The van der Waals surface area contributed by atoms with E-state index in [1.165, 1.54) is 0 Å². The number of nitrogens with one attached hydrogen (secondary N) is 1. The lowest BCUT2D eigenvalue weighted by atomic mass is 9.96. The monoisotopic (exact) mass is 297 g/mol. The fourth-order valence-electron chi connectivity index (χ4n) is 2.09. The molecule has 6 nitrogen and oxygen atoms in total. The van der Waals surface area contributed by atoms with Crippen molar-refractivity contribution in [3.05, 3.63) is 11.5 Å². The quantitative estimate of drug-likeness (QED) is 0.846. The molecule has 1 heterocycles. The van der Waals surface area contributed by atoms with Crippen molar-refractivity contribution in [1.82, 2.24) is 10.1 Å². The van der Waals surface area contributed by atoms with Crippen molar-refractivity contribution in [3.63, 3.8) is 0 Å². The topological polar surface area (TPSA) is 78.6 Å². The Morgan fingerprint density at radius 3 is 2.62 bits per heavy atom. The molecular weight excluding hydrogens is 270 g/mol. The van der Waals surface area contributed by atoms with Gasteiger partial charge >= 0.3 is 6.03 Å². The smallest absolute Gasteiger partial charge is 0.322 e. The van der Waals surface area contributed by atoms with Gasteiger partial charge in [0, 0.05) is 26.1 Å². The lowest BCUT2D eigenvalue weighted by Crippen LogP contribution is -2.41. The van der Waals surface area contributed by atoms with E-state index in [2.05, 4.69) is 31.2 Å². The molecule has 2 N–H and O–H groups in total. The molecule has 120 valence electrons. The Kier molecular flexibility index (Phi) is 6.20. The molecule has 1 aromatic rings. The number of hydrogen-bond acceptors (Lipinski definition) is 4. The maximum atomic E-state index is 12.5. The Hall–Kier alpha value is -1.56. The van der Waals surface area contributed by atoms with E-state index in [0.717, 1.165) is 0 Å². The van der Waals surface area contributed by atoms with Gasteiger partial charge in [-0.25, -0.2) is 4.79 Å². The summed E-state index contributed by atoms with van der Waals surface area (Å²) in [6.07, 6.45) is 1.24. The normalized spacial score (nSPS) is 11.5. The van der Waals surface area contributed by atoms with E-state index in [0.29, 0.717) is 43.1 Å². The molecule has 0 bridgehead atoms. The Bertz CT molecular complexity index is 463. The highest BCUT2D eigenvalue weighted by Crippen LogP contribution is 2.22. The van der Waals surface area contributed by atoms with Crippen molar-refractivity contribution in [2.75, 3.05) is 25.0 Å². The summed E-state index contributed by atoms with van der Waals surface area (Å²) in [4.78, 5) is 14.2. The number of carbonyl (C=O) groups excluding carboxylic acids is 1. The molecule has 0 saturated heterocycles. The van der Waals surface area contributed by atoms with Gasteiger partial charge < -0.3 is 19.8 Å². The zero-order chi connectivity index (χ0) is 16.0. The van der Waals surface area contributed by atoms with Crippen LogP contribution in [0.3, 0.4) is 0 Å². The highest BCUT2D eigenvalue weighted by Gasteiger charge is 2.23. The zero-order valence-electron chi connectivity index (χ0n) is 13.7. The van der Waals surface area contributed by atoms with Gasteiger partial charge in [0.05, 0.1) is 0 Å². The molecule has 1 rings (SSSR count). The Balaban J connectivity index is 2.82. The molecule has 21 heavy (non-hydrogen) atoms. The van der Waals surface area contributed by atoms with Gasteiger partial charge in [-0.05, 0) is 18.8 Å². The van der Waals surface area contributed by atoms with E-state index in [1.807, 2.05) is 6.92 Å². The van der Waals surface area contributed by atoms with Crippen LogP contribution in [0.1, 0.15) is 45.6 Å².